The van der Waals surface area contributed by atoms with Gasteiger partial charge in [0.2, 0.25) is 0 Å². The van der Waals surface area contributed by atoms with Crippen molar-refractivity contribution in [3.8, 4) is 5.75 Å². The summed E-state index contributed by atoms with van der Waals surface area (Å²) in [5.41, 5.74) is 1.71. The zero-order valence-electron chi connectivity index (χ0n) is 11.2. The molecule has 7 heteroatoms. The van der Waals surface area contributed by atoms with E-state index >= 15 is 0 Å². The quantitative estimate of drug-likeness (QED) is 0.805. The Balaban J connectivity index is 1.92. The minimum atomic E-state index is -3.50. The van der Waals surface area contributed by atoms with Crippen molar-refractivity contribution in [3.63, 3.8) is 0 Å². The Kier molecular flexibility index (Phi) is 4.21. The summed E-state index contributed by atoms with van der Waals surface area (Å²) in [6.45, 7) is 1.02. The lowest BCUT2D eigenvalue weighted by molar-refractivity contribution is 0.293. The molecule has 4 nitrogen and oxygen atoms in total. The van der Waals surface area contributed by atoms with Crippen LogP contribution in [-0.4, -0.2) is 25.9 Å². The lowest BCUT2D eigenvalue weighted by Crippen LogP contribution is -2.32. The number of para-hydroxylation sites is 1. The fraction of sp³-hybridized carbons (Fsp3) is 0.286. The molecular formula is C14H14ClNO3S2. The largest absolute Gasteiger partial charge is 0.492 e. The van der Waals surface area contributed by atoms with Gasteiger partial charge in [-0.2, -0.15) is 4.31 Å². The van der Waals surface area contributed by atoms with E-state index in [4.69, 9.17) is 16.3 Å². The number of hydrogen-bond donors (Lipinski definition) is 0. The third-order valence-corrected chi connectivity index (χ3v) is 6.91. The van der Waals surface area contributed by atoms with Gasteiger partial charge in [0.25, 0.3) is 10.0 Å². The Morgan fingerprint density at radius 3 is 2.90 bits per heavy atom. The Morgan fingerprint density at radius 2 is 2.14 bits per heavy atom. The second-order valence-electron chi connectivity index (χ2n) is 4.70. The average molecular weight is 344 g/mol. The van der Waals surface area contributed by atoms with Crippen LogP contribution in [0.5, 0.6) is 5.75 Å². The van der Waals surface area contributed by atoms with E-state index < -0.39 is 10.0 Å². The molecule has 3 rings (SSSR count). The first-order valence-corrected chi connectivity index (χ1v) is 9.31. The van der Waals surface area contributed by atoms with Crippen LogP contribution in [0.1, 0.15) is 11.1 Å². The van der Waals surface area contributed by atoms with Crippen LogP contribution in [0.25, 0.3) is 0 Å². The van der Waals surface area contributed by atoms with Crippen molar-refractivity contribution in [2.45, 2.75) is 16.6 Å². The van der Waals surface area contributed by atoms with Crippen molar-refractivity contribution in [2.24, 2.45) is 0 Å². The van der Waals surface area contributed by atoms with E-state index in [2.05, 4.69) is 0 Å². The lowest BCUT2D eigenvalue weighted by atomic mass is 10.2. The Morgan fingerprint density at radius 1 is 1.33 bits per heavy atom. The number of halogens is 1. The van der Waals surface area contributed by atoms with Gasteiger partial charge in [0.05, 0.1) is 0 Å². The first kappa shape index (κ1) is 14.8. The topological polar surface area (TPSA) is 46.6 Å². The van der Waals surface area contributed by atoms with Crippen LogP contribution < -0.4 is 4.74 Å². The first-order valence-electron chi connectivity index (χ1n) is 6.45. The van der Waals surface area contributed by atoms with Crippen molar-refractivity contribution < 1.29 is 13.2 Å². The summed E-state index contributed by atoms with van der Waals surface area (Å²) in [6.07, 6.45) is 0. The van der Waals surface area contributed by atoms with Gasteiger partial charge in [-0.1, -0.05) is 18.2 Å². The Hall–Kier alpha value is -1.08. The third-order valence-electron chi connectivity index (χ3n) is 3.30. The maximum Gasteiger partial charge on any atom is 0.252 e. The molecule has 0 fully saturated rings. The van der Waals surface area contributed by atoms with Crippen LogP contribution in [0, 0.1) is 0 Å². The zero-order chi connectivity index (χ0) is 14.9. The smallest absolute Gasteiger partial charge is 0.252 e. The molecule has 0 saturated heterocycles. The van der Waals surface area contributed by atoms with Crippen LogP contribution in [0.4, 0.5) is 0 Å². The van der Waals surface area contributed by atoms with Crippen LogP contribution in [0.3, 0.4) is 0 Å². The van der Waals surface area contributed by atoms with Crippen LogP contribution in [0.15, 0.2) is 39.9 Å². The summed E-state index contributed by atoms with van der Waals surface area (Å²) in [5.74, 6) is 1.07. The third kappa shape index (κ3) is 2.94. The normalized spacial score (nSPS) is 16.0. The summed E-state index contributed by atoms with van der Waals surface area (Å²) in [6, 6.07) is 9.17. The van der Waals surface area contributed by atoms with Gasteiger partial charge in [-0.05, 0) is 23.1 Å². The molecule has 0 unspecified atom stereocenters. The van der Waals surface area contributed by atoms with E-state index in [0.29, 0.717) is 29.8 Å². The highest BCUT2D eigenvalue weighted by Gasteiger charge is 2.28. The Labute approximate surface area is 133 Å². The number of alkyl halides is 1. The van der Waals surface area contributed by atoms with Crippen LogP contribution in [0.2, 0.25) is 0 Å². The number of ether oxygens (including phenoxy) is 1. The highest BCUT2D eigenvalue weighted by Crippen LogP contribution is 2.29. The van der Waals surface area contributed by atoms with Crippen molar-refractivity contribution in [3.05, 3.63) is 46.8 Å². The molecule has 0 saturated carbocycles. The molecule has 2 aromatic rings. The number of nitrogens with zero attached hydrogens (tertiary/aromatic N) is 1. The zero-order valence-corrected chi connectivity index (χ0v) is 13.5. The molecule has 112 valence electrons. The van der Waals surface area contributed by atoms with Crippen LogP contribution in [-0.2, 0) is 22.4 Å². The number of rotatable bonds is 3. The van der Waals surface area contributed by atoms with E-state index in [0.717, 1.165) is 16.9 Å². The standard InChI is InChI=1S/C14H14ClNO3S2/c15-8-11-7-14(20-10-11)21(17,18)16-5-6-19-13-4-2-1-3-12(13)9-16/h1-4,7,10H,5-6,8-9H2. The molecule has 1 aliphatic rings. The average Bonchev–Trinajstić information content (AvgIpc) is 2.87. The van der Waals surface area contributed by atoms with Gasteiger partial charge in [-0.15, -0.1) is 22.9 Å². The van der Waals surface area contributed by atoms with E-state index in [-0.39, 0.29) is 0 Å². The molecule has 1 aromatic carbocycles. The summed E-state index contributed by atoms with van der Waals surface area (Å²) < 4.78 is 32.8. The van der Waals surface area contributed by atoms with Gasteiger partial charge < -0.3 is 4.74 Å². The molecule has 0 atom stereocenters. The molecule has 0 N–H and O–H groups in total. The van der Waals surface area contributed by atoms with Crippen molar-refractivity contribution in [1.29, 1.82) is 0 Å². The highest BCUT2D eigenvalue weighted by atomic mass is 35.5. The number of thiophene rings is 1. The number of benzene rings is 1. The summed E-state index contributed by atoms with van der Waals surface area (Å²) in [5, 5.41) is 1.78. The van der Waals surface area contributed by atoms with Crippen molar-refractivity contribution >= 4 is 33.0 Å². The van der Waals surface area contributed by atoms with Gasteiger partial charge in [-0.25, -0.2) is 8.42 Å². The molecule has 21 heavy (non-hydrogen) atoms. The van der Waals surface area contributed by atoms with Gasteiger partial charge in [0, 0.05) is 24.5 Å². The molecular weight excluding hydrogens is 330 g/mol. The molecule has 1 aliphatic heterocycles. The maximum atomic E-state index is 12.7. The number of hydrogen-bond acceptors (Lipinski definition) is 4. The Bertz CT molecular complexity index is 742. The second-order valence-corrected chi connectivity index (χ2v) is 8.05. The first-order chi connectivity index (χ1) is 10.1. The van der Waals surface area contributed by atoms with Gasteiger partial charge in [0.1, 0.15) is 16.6 Å². The fourth-order valence-electron chi connectivity index (χ4n) is 2.19. The van der Waals surface area contributed by atoms with Crippen LogP contribution >= 0.6 is 22.9 Å². The van der Waals surface area contributed by atoms with E-state index in [1.807, 2.05) is 24.3 Å². The van der Waals surface area contributed by atoms with Gasteiger partial charge in [-0.3, -0.25) is 0 Å². The van der Waals surface area contributed by atoms with E-state index in [1.165, 1.54) is 15.6 Å². The summed E-state index contributed by atoms with van der Waals surface area (Å²) >= 11 is 6.96. The molecule has 0 amide bonds. The van der Waals surface area contributed by atoms with Crippen molar-refractivity contribution in [1.82, 2.24) is 4.31 Å². The number of sulfonamides is 1. The lowest BCUT2D eigenvalue weighted by Gasteiger charge is -2.18. The predicted octanol–water partition coefficient (Wildman–Crippen LogP) is 3.07. The van der Waals surface area contributed by atoms with Gasteiger partial charge in [0.15, 0.2) is 0 Å². The predicted molar refractivity (Wildman–Crippen MR) is 83.4 cm³/mol. The SMILES string of the molecule is O=S(=O)(c1cc(CCl)cs1)N1CCOc2ccccc2C1. The minimum absolute atomic E-state index is 0.317. The fourth-order valence-corrected chi connectivity index (χ4v) is 5.20. The molecule has 1 aromatic heterocycles. The van der Waals surface area contributed by atoms with Gasteiger partial charge >= 0.3 is 0 Å². The summed E-state index contributed by atoms with van der Waals surface area (Å²) in [7, 11) is -3.50. The highest BCUT2D eigenvalue weighted by molar-refractivity contribution is 7.91. The minimum Gasteiger partial charge on any atom is -0.492 e. The van der Waals surface area contributed by atoms with E-state index in [1.54, 1.807) is 11.4 Å². The summed E-state index contributed by atoms with van der Waals surface area (Å²) in [4.78, 5) is 0. The monoisotopic (exact) mass is 343 g/mol. The van der Waals surface area contributed by atoms with Crippen molar-refractivity contribution in [2.75, 3.05) is 13.2 Å². The molecule has 0 bridgehead atoms. The molecule has 0 radical (unpaired) electrons. The number of fused-ring (bicyclic) bond motifs is 1. The molecule has 2 heterocycles. The molecule has 0 aliphatic carbocycles. The maximum absolute atomic E-state index is 12.7. The second kappa shape index (κ2) is 5.96. The molecule has 0 spiro atoms. The van der Waals surface area contributed by atoms with E-state index in [9.17, 15) is 8.42 Å².